The van der Waals surface area contributed by atoms with Gasteiger partial charge in [-0.05, 0) is 32.0 Å². The van der Waals surface area contributed by atoms with Crippen LogP contribution < -0.4 is 10.6 Å². The number of hydrogen-bond acceptors (Lipinski definition) is 4. The highest BCUT2D eigenvalue weighted by Crippen LogP contribution is 2.11. The molecule has 0 fully saturated rings. The van der Waals surface area contributed by atoms with Crippen LogP contribution in [0.2, 0.25) is 0 Å². The first kappa shape index (κ1) is 16.4. The van der Waals surface area contributed by atoms with Gasteiger partial charge in [0.05, 0.1) is 12.2 Å². The topological polar surface area (TPSA) is 93.1 Å². The van der Waals surface area contributed by atoms with Gasteiger partial charge < -0.3 is 10.6 Å². The summed E-state index contributed by atoms with van der Waals surface area (Å²) in [5.41, 5.74) is 2.13. The zero-order valence-corrected chi connectivity index (χ0v) is 13.2. The number of hydrogen-bond donors (Lipinski definition) is 2. The number of carbonyl (C=O) groups is 3. The highest BCUT2D eigenvalue weighted by molar-refractivity contribution is 6.00. The first-order valence-corrected chi connectivity index (χ1v) is 7.06. The molecule has 0 aliphatic carbocycles. The van der Waals surface area contributed by atoms with E-state index in [0.29, 0.717) is 16.9 Å². The Morgan fingerprint density at radius 1 is 1.22 bits per heavy atom. The molecule has 120 valence electrons. The molecule has 2 aromatic rings. The van der Waals surface area contributed by atoms with Crippen molar-refractivity contribution in [1.29, 1.82) is 0 Å². The van der Waals surface area contributed by atoms with Crippen LogP contribution in [-0.2, 0) is 11.8 Å². The van der Waals surface area contributed by atoms with E-state index in [1.165, 1.54) is 11.6 Å². The zero-order chi connectivity index (χ0) is 17.0. The van der Waals surface area contributed by atoms with Crippen molar-refractivity contribution in [2.24, 2.45) is 7.05 Å². The zero-order valence-electron chi connectivity index (χ0n) is 13.2. The lowest BCUT2D eigenvalue weighted by Gasteiger charge is -2.08. The lowest BCUT2D eigenvalue weighted by molar-refractivity contribution is -0.115. The highest BCUT2D eigenvalue weighted by atomic mass is 16.2. The maximum Gasteiger partial charge on any atom is 0.269 e. The predicted molar refractivity (Wildman–Crippen MR) is 85.4 cm³/mol. The third-order valence-electron chi connectivity index (χ3n) is 3.20. The predicted octanol–water partition coefficient (Wildman–Crippen LogP) is 1.30. The molecule has 0 radical (unpaired) electrons. The molecule has 2 amide bonds. The number of benzene rings is 1. The minimum absolute atomic E-state index is 0.0824. The summed E-state index contributed by atoms with van der Waals surface area (Å²) >= 11 is 0. The minimum atomic E-state index is -0.377. The summed E-state index contributed by atoms with van der Waals surface area (Å²) < 4.78 is 1.46. The second-order valence-electron chi connectivity index (χ2n) is 5.16. The molecule has 0 unspecified atom stereocenters. The number of nitrogens with zero attached hydrogens (tertiary/aromatic N) is 2. The van der Waals surface area contributed by atoms with E-state index in [9.17, 15) is 14.4 Å². The fourth-order valence-electron chi connectivity index (χ4n) is 2.10. The van der Waals surface area contributed by atoms with Gasteiger partial charge in [-0.15, -0.1) is 0 Å². The van der Waals surface area contributed by atoms with Crippen molar-refractivity contribution in [3.63, 3.8) is 0 Å². The van der Waals surface area contributed by atoms with Gasteiger partial charge in [0.25, 0.3) is 5.91 Å². The van der Waals surface area contributed by atoms with E-state index >= 15 is 0 Å². The van der Waals surface area contributed by atoms with Gasteiger partial charge in [-0.3, -0.25) is 19.1 Å². The van der Waals surface area contributed by atoms with E-state index in [1.54, 1.807) is 44.3 Å². The van der Waals surface area contributed by atoms with Crippen molar-refractivity contribution >= 4 is 23.3 Å². The Balaban J connectivity index is 1.92. The third-order valence-corrected chi connectivity index (χ3v) is 3.20. The van der Waals surface area contributed by atoms with Gasteiger partial charge in [0.2, 0.25) is 5.91 Å². The van der Waals surface area contributed by atoms with E-state index in [4.69, 9.17) is 0 Å². The van der Waals surface area contributed by atoms with Gasteiger partial charge in [0.1, 0.15) is 5.69 Å². The van der Waals surface area contributed by atoms with Gasteiger partial charge in [-0.2, -0.15) is 5.10 Å². The summed E-state index contributed by atoms with van der Waals surface area (Å²) in [4.78, 5) is 35.2. The molecule has 1 heterocycles. The van der Waals surface area contributed by atoms with Crippen LogP contribution in [0.25, 0.3) is 0 Å². The van der Waals surface area contributed by atoms with E-state index < -0.39 is 0 Å². The molecule has 0 spiro atoms. The van der Waals surface area contributed by atoms with Crippen LogP contribution in [0.5, 0.6) is 0 Å². The molecule has 1 aromatic heterocycles. The Hall–Kier alpha value is -2.96. The maximum absolute atomic E-state index is 12.0. The number of aromatic nitrogens is 2. The molecule has 0 aliphatic rings. The second-order valence-corrected chi connectivity index (χ2v) is 5.16. The van der Waals surface area contributed by atoms with Crippen LogP contribution in [0, 0.1) is 6.92 Å². The SMILES string of the molecule is CC(=O)c1cccc(NC(=O)CNC(=O)c2cc(C)nn2C)c1. The largest absolute Gasteiger partial charge is 0.342 e. The lowest BCUT2D eigenvalue weighted by atomic mass is 10.1. The van der Waals surface area contributed by atoms with Crippen molar-refractivity contribution in [2.45, 2.75) is 13.8 Å². The third kappa shape index (κ3) is 4.26. The molecule has 0 aliphatic heterocycles. The molecular formula is C16H18N4O3. The molecule has 0 atom stereocenters. The number of Topliss-reactive ketones (excluding diaryl/α,β-unsaturated/α-hetero) is 1. The summed E-state index contributed by atoms with van der Waals surface area (Å²) in [6.07, 6.45) is 0. The van der Waals surface area contributed by atoms with Gasteiger partial charge >= 0.3 is 0 Å². The fourth-order valence-corrected chi connectivity index (χ4v) is 2.10. The van der Waals surface area contributed by atoms with Gasteiger partial charge in [-0.1, -0.05) is 12.1 Å². The molecule has 23 heavy (non-hydrogen) atoms. The molecule has 0 bridgehead atoms. The fraction of sp³-hybridized carbons (Fsp3) is 0.250. The Labute approximate surface area is 133 Å². The minimum Gasteiger partial charge on any atom is -0.342 e. The van der Waals surface area contributed by atoms with E-state index in [-0.39, 0.29) is 24.1 Å². The van der Waals surface area contributed by atoms with E-state index in [2.05, 4.69) is 15.7 Å². The Morgan fingerprint density at radius 2 is 1.96 bits per heavy atom. The average molecular weight is 314 g/mol. The number of anilines is 1. The van der Waals surface area contributed by atoms with Crippen LogP contribution in [0.15, 0.2) is 30.3 Å². The summed E-state index contributed by atoms with van der Waals surface area (Å²) in [5, 5.41) is 9.24. The van der Waals surface area contributed by atoms with Crippen LogP contribution in [0.1, 0.15) is 33.5 Å². The monoisotopic (exact) mass is 314 g/mol. The normalized spacial score (nSPS) is 10.2. The maximum atomic E-state index is 12.0. The molecule has 1 aromatic carbocycles. The quantitative estimate of drug-likeness (QED) is 0.814. The van der Waals surface area contributed by atoms with Crippen molar-refractivity contribution in [1.82, 2.24) is 15.1 Å². The van der Waals surface area contributed by atoms with Crippen LogP contribution >= 0.6 is 0 Å². The molecule has 2 N–H and O–H groups in total. The summed E-state index contributed by atoms with van der Waals surface area (Å²) in [7, 11) is 1.66. The van der Waals surface area contributed by atoms with Crippen LogP contribution in [0.4, 0.5) is 5.69 Å². The van der Waals surface area contributed by atoms with Gasteiger partial charge in [-0.25, -0.2) is 0 Å². The number of nitrogens with one attached hydrogen (secondary N) is 2. The van der Waals surface area contributed by atoms with Gasteiger partial charge in [0, 0.05) is 18.3 Å². The van der Waals surface area contributed by atoms with E-state index in [0.717, 1.165) is 5.69 Å². The standard InChI is InChI=1S/C16H18N4O3/c1-10-7-14(20(3)19-10)16(23)17-9-15(22)18-13-6-4-5-12(8-13)11(2)21/h4-8H,9H2,1-3H3,(H,17,23)(H,18,22). The first-order valence-electron chi connectivity index (χ1n) is 7.06. The van der Waals surface area contributed by atoms with E-state index in [1.807, 2.05) is 0 Å². The van der Waals surface area contributed by atoms with Crippen molar-refractivity contribution < 1.29 is 14.4 Å². The highest BCUT2D eigenvalue weighted by Gasteiger charge is 2.13. The molecule has 7 nitrogen and oxygen atoms in total. The molecular weight excluding hydrogens is 296 g/mol. The van der Waals surface area contributed by atoms with Crippen molar-refractivity contribution in [3.05, 3.63) is 47.3 Å². The molecule has 7 heteroatoms. The smallest absolute Gasteiger partial charge is 0.269 e. The molecule has 2 rings (SSSR count). The average Bonchev–Trinajstić information content (AvgIpc) is 2.84. The second kappa shape index (κ2) is 6.87. The Morgan fingerprint density at radius 3 is 2.57 bits per heavy atom. The Kier molecular flexibility index (Phi) is 4.90. The first-order chi connectivity index (χ1) is 10.9. The number of rotatable bonds is 5. The Bertz CT molecular complexity index is 764. The summed E-state index contributed by atoms with van der Waals surface area (Å²) in [5.74, 6) is -0.834. The van der Waals surface area contributed by atoms with Crippen LogP contribution in [-0.4, -0.2) is 33.9 Å². The lowest BCUT2D eigenvalue weighted by Crippen LogP contribution is -2.33. The number of carbonyl (C=O) groups excluding carboxylic acids is 3. The van der Waals surface area contributed by atoms with Crippen molar-refractivity contribution in [3.8, 4) is 0 Å². The summed E-state index contributed by atoms with van der Waals surface area (Å²) in [6, 6.07) is 8.26. The number of ketones is 1. The number of amides is 2. The van der Waals surface area contributed by atoms with Crippen LogP contribution in [0.3, 0.4) is 0 Å². The molecule has 0 saturated heterocycles. The number of aryl methyl sites for hydroxylation is 2. The van der Waals surface area contributed by atoms with Crippen molar-refractivity contribution in [2.75, 3.05) is 11.9 Å². The van der Waals surface area contributed by atoms with Gasteiger partial charge in [0.15, 0.2) is 5.78 Å². The molecule has 0 saturated carbocycles. The summed E-state index contributed by atoms with van der Waals surface area (Å²) in [6.45, 7) is 3.07.